The van der Waals surface area contributed by atoms with E-state index < -0.39 is 0 Å². The fourth-order valence-electron chi connectivity index (χ4n) is 3.51. The minimum absolute atomic E-state index is 0.122. The monoisotopic (exact) mass is 423 g/mol. The van der Waals surface area contributed by atoms with Gasteiger partial charge in [-0.1, -0.05) is 88.0 Å². The van der Waals surface area contributed by atoms with E-state index in [2.05, 4.69) is 85.8 Å². The molecule has 0 saturated carbocycles. The van der Waals surface area contributed by atoms with E-state index in [1.165, 1.54) is 11.1 Å². The summed E-state index contributed by atoms with van der Waals surface area (Å²) in [5, 5.41) is 0. The lowest BCUT2D eigenvalue weighted by molar-refractivity contribution is -0.117. The molecular formula is C26H34NO2P. The molecule has 0 aliphatic carbocycles. The smallest absolute Gasteiger partial charge is 0.150 e. The van der Waals surface area contributed by atoms with Gasteiger partial charge in [0.1, 0.15) is 11.5 Å². The van der Waals surface area contributed by atoms with Gasteiger partial charge in [-0.2, -0.15) is 0 Å². The molecule has 3 nitrogen and oxygen atoms in total. The second-order valence-corrected chi connectivity index (χ2v) is 8.08. The third-order valence-corrected chi connectivity index (χ3v) is 6.37. The quantitative estimate of drug-likeness (QED) is 0.189. The highest BCUT2D eigenvalue weighted by molar-refractivity contribution is 7.29. The highest BCUT2D eigenvalue weighted by Crippen LogP contribution is 2.44. The maximum Gasteiger partial charge on any atom is 0.150 e. The summed E-state index contributed by atoms with van der Waals surface area (Å²) in [6.07, 6.45) is 6.41. The van der Waals surface area contributed by atoms with E-state index in [4.69, 9.17) is 4.52 Å². The first-order valence-corrected chi connectivity index (χ1v) is 11.6. The third-order valence-electron chi connectivity index (χ3n) is 5.21. The lowest BCUT2D eigenvalue weighted by Gasteiger charge is -2.37. The molecule has 3 atom stereocenters. The molecule has 0 heterocycles. The van der Waals surface area contributed by atoms with E-state index in [9.17, 15) is 4.79 Å². The number of benzene rings is 2. The maximum absolute atomic E-state index is 11.7. The molecule has 0 aliphatic rings. The van der Waals surface area contributed by atoms with Gasteiger partial charge in [0, 0.05) is 24.9 Å². The van der Waals surface area contributed by atoms with Crippen molar-refractivity contribution in [1.82, 2.24) is 4.67 Å². The summed E-state index contributed by atoms with van der Waals surface area (Å²) in [6, 6.07) is 21.7. The largest absolute Gasteiger partial charge is 0.461 e. The van der Waals surface area contributed by atoms with Crippen LogP contribution in [0.3, 0.4) is 0 Å². The normalized spacial score (nSPS) is 14.1. The van der Waals surface area contributed by atoms with Crippen molar-refractivity contribution in [2.45, 2.75) is 58.5 Å². The van der Waals surface area contributed by atoms with E-state index in [0.29, 0.717) is 18.6 Å². The van der Waals surface area contributed by atoms with Gasteiger partial charge in [0.2, 0.25) is 0 Å². The SMILES string of the molecule is C=C/C(=C/CC(=O)CC)OPN(C(CC)c1ccccc1)C(CC)c1ccccc1. The van der Waals surface area contributed by atoms with Crippen LogP contribution < -0.4 is 0 Å². The molecular weight excluding hydrogens is 389 g/mol. The molecule has 4 heteroatoms. The molecule has 0 amide bonds. The van der Waals surface area contributed by atoms with Gasteiger partial charge in [-0.05, 0) is 36.1 Å². The van der Waals surface area contributed by atoms with Crippen LogP contribution in [0.5, 0.6) is 0 Å². The first-order chi connectivity index (χ1) is 14.6. The molecule has 0 aliphatic heterocycles. The van der Waals surface area contributed by atoms with Crippen LogP contribution >= 0.6 is 8.96 Å². The highest BCUT2D eigenvalue weighted by Gasteiger charge is 2.28. The van der Waals surface area contributed by atoms with Crippen LogP contribution in [0, 0.1) is 0 Å². The molecule has 3 unspecified atom stereocenters. The molecule has 2 aromatic rings. The Balaban J connectivity index is 2.32. The third kappa shape index (κ3) is 6.93. The lowest BCUT2D eigenvalue weighted by atomic mass is 9.99. The van der Waals surface area contributed by atoms with Gasteiger partial charge in [-0.3, -0.25) is 4.79 Å². The van der Waals surface area contributed by atoms with Gasteiger partial charge in [-0.25, -0.2) is 4.67 Å². The van der Waals surface area contributed by atoms with Crippen molar-refractivity contribution in [2.75, 3.05) is 0 Å². The molecule has 0 radical (unpaired) electrons. The predicted octanol–water partition coefficient (Wildman–Crippen LogP) is 7.56. The number of allylic oxidation sites excluding steroid dienone is 2. The highest BCUT2D eigenvalue weighted by atomic mass is 31.1. The summed E-state index contributed by atoms with van der Waals surface area (Å²) in [4.78, 5) is 11.7. The second-order valence-electron chi connectivity index (χ2n) is 7.18. The van der Waals surface area contributed by atoms with Crippen molar-refractivity contribution in [3.63, 3.8) is 0 Å². The van der Waals surface area contributed by atoms with Crippen molar-refractivity contribution in [2.24, 2.45) is 0 Å². The average molecular weight is 424 g/mol. The summed E-state index contributed by atoms with van der Waals surface area (Å²) in [5.41, 5.74) is 2.58. The summed E-state index contributed by atoms with van der Waals surface area (Å²) in [7, 11) is 0.122. The van der Waals surface area contributed by atoms with Crippen molar-refractivity contribution >= 4 is 14.7 Å². The molecule has 0 aromatic heterocycles. The zero-order chi connectivity index (χ0) is 21.8. The van der Waals surface area contributed by atoms with E-state index in [1.54, 1.807) is 6.08 Å². The summed E-state index contributed by atoms with van der Waals surface area (Å²) in [6.45, 7) is 10.2. The summed E-state index contributed by atoms with van der Waals surface area (Å²) < 4.78 is 8.65. The molecule has 2 rings (SSSR count). The molecule has 0 spiro atoms. The number of hydrogen-bond donors (Lipinski definition) is 0. The Morgan fingerprint density at radius 1 is 0.967 bits per heavy atom. The first-order valence-electron chi connectivity index (χ1n) is 10.8. The van der Waals surface area contributed by atoms with Gasteiger partial charge in [0.05, 0.1) is 0 Å². The van der Waals surface area contributed by atoms with Crippen molar-refractivity contribution in [3.8, 4) is 0 Å². The molecule has 30 heavy (non-hydrogen) atoms. The summed E-state index contributed by atoms with van der Waals surface area (Å²) >= 11 is 0. The van der Waals surface area contributed by atoms with E-state index in [0.717, 1.165) is 12.8 Å². The topological polar surface area (TPSA) is 29.5 Å². The van der Waals surface area contributed by atoms with E-state index >= 15 is 0 Å². The van der Waals surface area contributed by atoms with Crippen LogP contribution in [0.2, 0.25) is 0 Å². The molecule has 2 aromatic carbocycles. The van der Waals surface area contributed by atoms with Gasteiger partial charge < -0.3 is 4.52 Å². The maximum atomic E-state index is 11.7. The first kappa shape index (κ1) is 24.1. The Kier molecular flexibility index (Phi) is 10.5. The molecule has 0 fully saturated rings. The Morgan fingerprint density at radius 2 is 1.47 bits per heavy atom. The zero-order valence-electron chi connectivity index (χ0n) is 18.4. The number of carbonyl (C=O) groups is 1. The Hall–Kier alpha value is -2.22. The van der Waals surface area contributed by atoms with E-state index in [1.807, 2.05) is 13.0 Å². The van der Waals surface area contributed by atoms with Crippen LogP contribution in [0.4, 0.5) is 0 Å². The summed E-state index contributed by atoms with van der Waals surface area (Å²) in [5.74, 6) is 0.871. The standard InChI is InChI=1S/C26H34NO2P/c1-5-23(28)19-20-24(6-2)29-30-27(25(7-3)21-15-11-9-12-16-21)26(8-4)22-17-13-10-14-18-22/h6,9-18,20,25-26,30H,2,5,7-8,19H2,1,3-4H3/b24-20-. The number of rotatable bonds is 13. The number of Topliss-reactive ketones (excluding diaryl/α,β-unsaturated/α-hetero) is 1. The molecule has 0 bridgehead atoms. The van der Waals surface area contributed by atoms with Crippen LogP contribution in [0.25, 0.3) is 0 Å². The molecule has 160 valence electrons. The van der Waals surface area contributed by atoms with Crippen LogP contribution in [-0.2, 0) is 9.32 Å². The van der Waals surface area contributed by atoms with Crippen LogP contribution in [0.1, 0.15) is 69.7 Å². The van der Waals surface area contributed by atoms with Gasteiger partial charge in [-0.15, -0.1) is 0 Å². The second kappa shape index (κ2) is 13.2. The van der Waals surface area contributed by atoms with Gasteiger partial charge >= 0.3 is 0 Å². The van der Waals surface area contributed by atoms with Crippen molar-refractivity contribution < 1.29 is 9.32 Å². The lowest BCUT2D eigenvalue weighted by Crippen LogP contribution is -2.26. The average Bonchev–Trinajstić information content (AvgIpc) is 2.80. The number of carbonyl (C=O) groups excluding carboxylic acids is 1. The fourth-order valence-corrected chi connectivity index (χ4v) is 4.81. The van der Waals surface area contributed by atoms with Gasteiger partial charge in [0.15, 0.2) is 8.96 Å². The number of hydrogen-bond acceptors (Lipinski definition) is 3. The number of ketones is 1. The Morgan fingerprint density at radius 3 is 1.87 bits per heavy atom. The van der Waals surface area contributed by atoms with Gasteiger partial charge in [0.25, 0.3) is 0 Å². The van der Waals surface area contributed by atoms with Crippen LogP contribution in [0.15, 0.2) is 85.2 Å². The Labute approximate surface area is 183 Å². The molecule has 0 saturated heterocycles. The van der Waals surface area contributed by atoms with Crippen molar-refractivity contribution in [1.29, 1.82) is 0 Å². The van der Waals surface area contributed by atoms with Crippen LogP contribution in [-0.4, -0.2) is 10.5 Å². The zero-order valence-corrected chi connectivity index (χ0v) is 19.4. The minimum Gasteiger partial charge on any atom is -0.461 e. The predicted molar refractivity (Wildman–Crippen MR) is 128 cm³/mol. The number of nitrogens with zero attached hydrogens (tertiary/aromatic N) is 1. The Bertz CT molecular complexity index is 757. The fraction of sp³-hybridized carbons (Fsp3) is 0.346. The molecule has 0 N–H and O–H groups in total. The van der Waals surface area contributed by atoms with E-state index in [-0.39, 0.29) is 26.8 Å². The minimum atomic E-state index is 0.122. The van der Waals surface area contributed by atoms with Crippen molar-refractivity contribution in [3.05, 3.63) is 96.3 Å².